The summed E-state index contributed by atoms with van der Waals surface area (Å²) in [6.07, 6.45) is 2.21. The molecule has 0 saturated heterocycles. The van der Waals surface area contributed by atoms with Gasteiger partial charge in [-0.2, -0.15) is 0 Å². The van der Waals surface area contributed by atoms with Crippen LogP contribution in [-0.4, -0.2) is 29.2 Å². The Hall–Kier alpha value is -3.35. The summed E-state index contributed by atoms with van der Waals surface area (Å²) in [4.78, 5) is 18.3. The average Bonchev–Trinajstić information content (AvgIpc) is 3.24. The van der Waals surface area contributed by atoms with E-state index in [-0.39, 0.29) is 6.04 Å². The number of aryl methyl sites for hydroxylation is 2. The standard InChI is InChI=1S/C20H18N4O3/c1-11-18(12(2)27-23-11)13-6-7-15-19-20(13)26-10-16(14-5-3-4-8-21-14)24(19)17(9-25)22-15/h3-9,16-17,22H,10H2,1-2H3/t16-,17?/m1/s1. The number of ether oxygens (including phenoxy) is 1. The lowest BCUT2D eigenvalue weighted by Crippen LogP contribution is -2.44. The van der Waals surface area contributed by atoms with Crippen molar-refractivity contribution < 1.29 is 14.1 Å². The van der Waals surface area contributed by atoms with Gasteiger partial charge in [-0.05, 0) is 38.1 Å². The van der Waals surface area contributed by atoms with Crippen molar-refractivity contribution in [1.29, 1.82) is 0 Å². The van der Waals surface area contributed by atoms with E-state index < -0.39 is 6.17 Å². The molecular weight excluding hydrogens is 344 g/mol. The molecule has 2 aliphatic rings. The predicted molar refractivity (Wildman–Crippen MR) is 99.8 cm³/mol. The van der Waals surface area contributed by atoms with Crippen molar-refractivity contribution in [3.05, 3.63) is 53.7 Å². The maximum atomic E-state index is 11.8. The van der Waals surface area contributed by atoms with Crippen molar-refractivity contribution in [2.24, 2.45) is 0 Å². The van der Waals surface area contributed by atoms with E-state index in [9.17, 15) is 4.79 Å². The molecular formula is C20H18N4O3. The molecule has 0 fully saturated rings. The molecule has 5 rings (SSSR count). The quantitative estimate of drug-likeness (QED) is 0.716. The fourth-order valence-electron chi connectivity index (χ4n) is 4.02. The van der Waals surface area contributed by atoms with Crippen LogP contribution in [0.5, 0.6) is 5.75 Å². The summed E-state index contributed by atoms with van der Waals surface area (Å²) in [5.41, 5.74) is 5.28. The lowest BCUT2D eigenvalue weighted by Gasteiger charge is -2.37. The van der Waals surface area contributed by atoms with Gasteiger partial charge in [0.1, 0.15) is 24.1 Å². The molecule has 4 heterocycles. The molecule has 1 aromatic carbocycles. The zero-order valence-corrected chi connectivity index (χ0v) is 15.0. The predicted octanol–water partition coefficient (Wildman–Crippen LogP) is 3.24. The van der Waals surface area contributed by atoms with E-state index in [2.05, 4.69) is 20.4 Å². The highest BCUT2D eigenvalue weighted by molar-refractivity contribution is 5.95. The van der Waals surface area contributed by atoms with Crippen LogP contribution in [0.25, 0.3) is 11.1 Å². The van der Waals surface area contributed by atoms with Gasteiger partial charge in [-0.25, -0.2) is 0 Å². The van der Waals surface area contributed by atoms with Crippen LogP contribution in [0.15, 0.2) is 41.1 Å². The molecule has 27 heavy (non-hydrogen) atoms. The first kappa shape index (κ1) is 15.9. The third-order valence-corrected chi connectivity index (χ3v) is 5.17. The van der Waals surface area contributed by atoms with Gasteiger partial charge in [0.15, 0.2) is 18.2 Å². The second kappa shape index (κ2) is 5.84. The van der Waals surface area contributed by atoms with Gasteiger partial charge < -0.3 is 19.5 Å². The molecule has 0 amide bonds. The minimum absolute atomic E-state index is 0.150. The van der Waals surface area contributed by atoms with E-state index in [1.165, 1.54) is 0 Å². The highest BCUT2D eigenvalue weighted by Gasteiger charge is 2.42. The Kier molecular flexibility index (Phi) is 3.43. The molecule has 0 bridgehead atoms. The maximum Gasteiger partial charge on any atom is 0.162 e. The Bertz CT molecular complexity index is 1010. The average molecular weight is 362 g/mol. The van der Waals surface area contributed by atoms with Gasteiger partial charge in [0.25, 0.3) is 0 Å². The number of hydrogen-bond acceptors (Lipinski definition) is 7. The van der Waals surface area contributed by atoms with Crippen molar-refractivity contribution in [2.45, 2.75) is 26.1 Å². The molecule has 2 aromatic heterocycles. The normalized spacial score (nSPS) is 20.0. The number of anilines is 2. The van der Waals surface area contributed by atoms with Crippen LogP contribution < -0.4 is 15.0 Å². The fraction of sp³-hybridized carbons (Fsp3) is 0.250. The number of carbonyl (C=O) groups excluding carboxylic acids is 1. The lowest BCUT2D eigenvalue weighted by molar-refractivity contribution is -0.108. The molecule has 2 atom stereocenters. The highest BCUT2D eigenvalue weighted by atomic mass is 16.5. The number of pyridine rings is 1. The van der Waals surface area contributed by atoms with Gasteiger partial charge in [0.2, 0.25) is 0 Å². The first-order valence-electron chi connectivity index (χ1n) is 8.83. The van der Waals surface area contributed by atoms with Gasteiger partial charge in [0, 0.05) is 11.8 Å². The number of aldehydes is 1. The third-order valence-electron chi connectivity index (χ3n) is 5.17. The molecule has 0 spiro atoms. The number of nitrogens with one attached hydrogen (secondary N) is 1. The lowest BCUT2D eigenvalue weighted by atomic mass is 9.99. The van der Waals surface area contributed by atoms with E-state index in [0.717, 1.165) is 51.7 Å². The van der Waals surface area contributed by atoms with Crippen LogP contribution in [0.4, 0.5) is 11.4 Å². The Morgan fingerprint density at radius 2 is 2.15 bits per heavy atom. The minimum Gasteiger partial charge on any atom is -0.488 e. The molecule has 0 radical (unpaired) electrons. The summed E-state index contributed by atoms with van der Waals surface area (Å²) in [5, 5.41) is 7.34. The second-order valence-electron chi connectivity index (χ2n) is 6.75. The molecule has 0 aliphatic carbocycles. The van der Waals surface area contributed by atoms with Gasteiger partial charge >= 0.3 is 0 Å². The number of benzene rings is 1. The molecule has 7 heteroatoms. The van der Waals surface area contributed by atoms with Crippen LogP contribution in [0.2, 0.25) is 0 Å². The maximum absolute atomic E-state index is 11.8. The molecule has 3 aromatic rings. The Morgan fingerprint density at radius 3 is 2.85 bits per heavy atom. The van der Waals surface area contributed by atoms with Crippen LogP contribution >= 0.6 is 0 Å². The molecule has 0 saturated carbocycles. The summed E-state index contributed by atoms with van der Waals surface area (Å²) in [6, 6.07) is 9.58. The van der Waals surface area contributed by atoms with Crippen LogP contribution in [0, 0.1) is 13.8 Å². The van der Waals surface area contributed by atoms with Crippen LogP contribution in [-0.2, 0) is 4.79 Å². The zero-order valence-electron chi connectivity index (χ0n) is 15.0. The zero-order chi connectivity index (χ0) is 18.5. The summed E-state index contributed by atoms with van der Waals surface area (Å²) in [7, 11) is 0. The summed E-state index contributed by atoms with van der Waals surface area (Å²) in [6.45, 7) is 4.20. The van der Waals surface area contributed by atoms with Crippen LogP contribution in [0.1, 0.15) is 23.2 Å². The molecule has 136 valence electrons. The Labute approximate surface area is 155 Å². The Balaban J connectivity index is 1.70. The second-order valence-corrected chi connectivity index (χ2v) is 6.75. The minimum atomic E-state index is -0.463. The first-order chi connectivity index (χ1) is 13.2. The van der Waals surface area contributed by atoms with Crippen molar-refractivity contribution in [3.63, 3.8) is 0 Å². The number of carbonyl (C=O) groups is 1. The van der Waals surface area contributed by atoms with E-state index >= 15 is 0 Å². The molecule has 1 unspecified atom stereocenters. The van der Waals surface area contributed by atoms with Crippen molar-refractivity contribution >= 4 is 17.7 Å². The number of hydrogen-bond donors (Lipinski definition) is 1. The SMILES string of the molecule is Cc1noc(C)c1-c1ccc2c3c1OC[C@H](c1ccccn1)N3C(C=O)N2. The van der Waals surface area contributed by atoms with Gasteiger partial charge in [-0.3, -0.25) is 9.78 Å². The Morgan fingerprint density at radius 1 is 1.26 bits per heavy atom. The van der Waals surface area contributed by atoms with Crippen LogP contribution in [0.3, 0.4) is 0 Å². The largest absolute Gasteiger partial charge is 0.488 e. The third kappa shape index (κ3) is 2.24. The van der Waals surface area contributed by atoms with Gasteiger partial charge in [-0.1, -0.05) is 11.2 Å². The number of nitrogens with zero attached hydrogens (tertiary/aromatic N) is 3. The number of rotatable bonds is 3. The molecule has 1 N–H and O–H groups in total. The summed E-state index contributed by atoms with van der Waals surface area (Å²) < 4.78 is 11.6. The first-order valence-corrected chi connectivity index (χ1v) is 8.83. The summed E-state index contributed by atoms with van der Waals surface area (Å²) in [5.74, 6) is 1.48. The van der Waals surface area contributed by atoms with Gasteiger partial charge in [0.05, 0.1) is 22.6 Å². The summed E-state index contributed by atoms with van der Waals surface area (Å²) >= 11 is 0. The van der Waals surface area contributed by atoms with E-state index in [1.807, 2.05) is 44.2 Å². The fourth-order valence-corrected chi connectivity index (χ4v) is 4.02. The molecule has 7 nitrogen and oxygen atoms in total. The van der Waals surface area contributed by atoms with E-state index in [1.54, 1.807) is 6.20 Å². The van der Waals surface area contributed by atoms with Crippen molar-refractivity contribution in [1.82, 2.24) is 10.1 Å². The highest BCUT2D eigenvalue weighted by Crippen LogP contribution is 2.53. The van der Waals surface area contributed by atoms with E-state index in [0.29, 0.717) is 6.61 Å². The van der Waals surface area contributed by atoms with Gasteiger partial charge in [-0.15, -0.1) is 0 Å². The monoisotopic (exact) mass is 362 g/mol. The smallest absolute Gasteiger partial charge is 0.162 e. The topological polar surface area (TPSA) is 80.5 Å². The van der Waals surface area contributed by atoms with Crippen molar-refractivity contribution in [2.75, 3.05) is 16.8 Å². The number of aromatic nitrogens is 2. The van der Waals surface area contributed by atoms with E-state index in [4.69, 9.17) is 9.26 Å². The van der Waals surface area contributed by atoms with Crippen molar-refractivity contribution in [3.8, 4) is 16.9 Å². The molecule has 2 aliphatic heterocycles.